The maximum absolute atomic E-state index is 6.00. The first-order valence-corrected chi connectivity index (χ1v) is 7.38. The van der Waals surface area contributed by atoms with E-state index in [1.807, 2.05) is 13.8 Å². The molecule has 0 amide bonds. The van der Waals surface area contributed by atoms with Gasteiger partial charge in [0.25, 0.3) is 0 Å². The first-order valence-electron chi connectivity index (χ1n) is 7.38. The number of aromatic nitrogens is 2. The van der Waals surface area contributed by atoms with Crippen LogP contribution in [0.15, 0.2) is 28.8 Å². The number of hydrogen-bond acceptors (Lipinski definition) is 5. The summed E-state index contributed by atoms with van der Waals surface area (Å²) in [5, 5.41) is 3.99. The normalized spacial score (nSPS) is 18.7. The van der Waals surface area contributed by atoms with E-state index in [2.05, 4.69) is 46.2 Å². The first-order chi connectivity index (χ1) is 9.93. The van der Waals surface area contributed by atoms with Crippen LogP contribution in [0.1, 0.15) is 38.0 Å². The Labute approximate surface area is 125 Å². The Kier molecular flexibility index (Phi) is 3.45. The van der Waals surface area contributed by atoms with Gasteiger partial charge in [-0.2, -0.15) is 4.98 Å². The minimum absolute atomic E-state index is 0.552. The fraction of sp³-hybridized carbons (Fsp3) is 0.500. The van der Waals surface area contributed by atoms with Crippen molar-refractivity contribution < 1.29 is 4.52 Å². The van der Waals surface area contributed by atoms with Gasteiger partial charge in [0.2, 0.25) is 5.89 Å². The average Bonchev–Trinajstić information content (AvgIpc) is 2.87. The van der Waals surface area contributed by atoms with Gasteiger partial charge in [-0.05, 0) is 37.8 Å². The molecule has 1 aromatic heterocycles. The Balaban J connectivity index is 1.83. The lowest BCUT2D eigenvalue weighted by Crippen LogP contribution is -2.34. The van der Waals surface area contributed by atoms with Crippen molar-refractivity contribution in [2.45, 2.75) is 39.3 Å². The fourth-order valence-corrected chi connectivity index (χ4v) is 2.80. The van der Waals surface area contributed by atoms with E-state index in [4.69, 9.17) is 10.3 Å². The molecule has 0 bridgehead atoms. The van der Waals surface area contributed by atoms with E-state index >= 15 is 0 Å². The molecule has 0 aliphatic carbocycles. The van der Waals surface area contributed by atoms with Crippen molar-refractivity contribution >= 4 is 5.69 Å². The third kappa shape index (κ3) is 2.93. The van der Waals surface area contributed by atoms with Crippen LogP contribution in [0, 0.1) is 5.92 Å². The van der Waals surface area contributed by atoms with Gasteiger partial charge in [0.15, 0.2) is 5.82 Å². The van der Waals surface area contributed by atoms with Gasteiger partial charge < -0.3 is 15.2 Å². The zero-order valence-corrected chi connectivity index (χ0v) is 12.8. The van der Waals surface area contributed by atoms with E-state index in [-0.39, 0.29) is 0 Å². The van der Waals surface area contributed by atoms with Crippen molar-refractivity contribution in [2.24, 2.45) is 11.7 Å². The van der Waals surface area contributed by atoms with Gasteiger partial charge in [0.1, 0.15) is 0 Å². The number of para-hydroxylation sites is 1. The largest absolute Gasteiger partial charge is 0.362 e. The van der Waals surface area contributed by atoms with Crippen LogP contribution in [0.2, 0.25) is 0 Å². The van der Waals surface area contributed by atoms with Crippen LogP contribution in [0.4, 0.5) is 5.69 Å². The van der Waals surface area contributed by atoms with Gasteiger partial charge in [-0.1, -0.05) is 30.3 Å². The van der Waals surface area contributed by atoms with E-state index in [1.165, 1.54) is 11.3 Å². The molecule has 1 aliphatic rings. The highest BCUT2D eigenvalue weighted by molar-refractivity contribution is 5.55. The minimum Gasteiger partial charge on any atom is -0.362 e. The van der Waals surface area contributed by atoms with Crippen molar-refractivity contribution in [3.8, 4) is 0 Å². The predicted octanol–water partition coefficient (Wildman–Crippen LogP) is 2.46. The van der Waals surface area contributed by atoms with Gasteiger partial charge in [0.05, 0.1) is 12.1 Å². The summed E-state index contributed by atoms with van der Waals surface area (Å²) in [5.41, 5.74) is 8.08. The molecule has 0 saturated carbocycles. The van der Waals surface area contributed by atoms with E-state index in [1.54, 1.807) is 0 Å². The summed E-state index contributed by atoms with van der Waals surface area (Å²) in [5.74, 6) is 1.79. The molecule has 1 unspecified atom stereocenters. The van der Waals surface area contributed by atoms with Gasteiger partial charge in [0, 0.05) is 12.2 Å². The molecular weight excluding hydrogens is 264 g/mol. The number of rotatable bonds is 3. The standard InChI is InChI=1S/C16H22N4O/c1-11-8-12-6-4-5-7-13(12)20(9-11)10-14-18-15(19-21-14)16(2,3)17/h4-7,11H,8-10,17H2,1-3H3. The van der Waals surface area contributed by atoms with Crippen molar-refractivity contribution in [1.29, 1.82) is 0 Å². The Morgan fingerprint density at radius 3 is 2.86 bits per heavy atom. The van der Waals surface area contributed by atoms with Crippen molar-refractivity contribution in [2.75, 3.05) is 11.4 Å². The first kappa shape index (κ1) is 14.1. The Hall–Kier alpha value is -1.88. The van der Waals surface area contributed by atoms with Crippen molar-refractivity contribution in [1.82, 2.24) is 10.1 Å². The molecule has 0 saturated heterocycles. The predicted molar refractivity (Wildman–Crippen MR) is 81.9 cm³/mol. The molecule has 21 heavy (non-hydrogen) atoms. The lowest BCUT2D eigenvalue weighted by atomic mass is 9.94. The highest BCUT2D eigenvalue weighted by Gasteiger charge is 2.25. The Morgan fingerprint density at radius 2 is 2.14 bits per heavy atom. The van der Waals surface area contributed by atoms with Crippen LogP contribution in [-0.2, 0) is 18.5 Å². The van der Waals surface area contributed by atoms with Gasteiger partial charge in [-0.3, -0.25) is 0 Å². The lowest BCUT2D eigenvalue weighted by molar-refractivity contribution is 0.355. The van der Waals surface area contributed by atoms with Crippen LogP contribution in [0.25, 0.3) is 0 Å². The molecule has 1 aromatic carbocycles. The summed E-state index contributed by atoms with van der Waals surface area (Å²) in [6.45, 7) is 7.65. The third-order valence-electron chi connectivity index (χ3n) is 3.80. The highest BCUT2D eigenvalue weighted by atomic mass is 16.5. The SMILES string of the molecule is CC1Cc2ccccc2N(Cc2nc(C(C)(C)N)no2)C1. The summed E-state index contributed by atoms with van der Waals surface area (Å²) in [6, 6.07) is 8.52. The Morgan fingerprint density at radius 1 is 1.38 bits per heavy atom. The van der Waals surface area contributed by atoms with Crippen LogP contribution in [0.3, 0.4) is 0 Å². The molecule has 3 rings (SSSR count). The van der Waals surface area contributed by atoms with E-state index < -0.39 is 5.54 Å². The van der Waals surface area contributed by atoms with E-state index in [0.29, 0.717) is 24.2 Å². The van der Waals surface area contributed by atoms with Gasteiger partial charge in [-0.15, -0.1) is 0 Å². The topological polar surface area (TPSA) is 68.2 Å². The number of benzene rings is 1. The summed E-state index contributed by atoms with van der Waals surface area (Å²) < 4.78 is 5.36. The van der Waals surface area contributed by atoms with E-state index in [0.717, 1.165) is 13.0 Å². The zero-order chi connectivity index (χ0) is 15.0. The smallest absolute Gasteiger partial charge is 0.246 e. The quantitative estimate of drug-likeness (QED) is 0.938. The van der Waals surface area contributed by atoms with E-state index in [9.17, 15) is 0 Å². The van der Waals surface area contributed by atoms with Crippen LogP contribution in [-0.4, -0.2) is 16.7 Å². The highest BCUT2D eigenvalue weighted by Crippen LogP contribution is 2.30. The third-order valence-corrected chi connectivity index (χ3v) is 3.80. The molecule has 0 radical (unpaired) electrons. The van der Waals surface area contributed by atoms with Crippen LogP contribution >= 0.6 is 0 Å². The monoisotopic (exact) mass is 286 g/mol. The molecular formula is C16H22N4O. The Bertz CT molecular complexity index is 629. The second-order valence-electron chi connectivity index (χ2n) is 6.55. The van der Waals surface area contributed by atoms with Gasteiger partial charge >= 0.3 is 0 Å². The van der Waals surface area contributed by atoms with Crippen LogP contribution in [0.5, 0.6) is 0 Å². The summed E-state index contributed by atoms with van der Waals surface area (Å²) >= 11 is 0. The number of nitrogens with two attached hydrogens (primary N) is 1. The summed E-state index contributed by atoms with van der Waals surface area (Å²) in [4.78, 5) is 6.74. The molecule has 112 valence electrons. The molecule has 2 heterocycles. The number of nitrogens with zero attached hydrogens (tertiary/aromatic N) is 3. The molecule has 5 nitrogen and oxygen atoms in total. The molecule has 1 aliphatic heterocycles. The molecule has 2 N–H and O–H groups in total. The lowest BCUT2D eigenvalue weighted by Gasteiger charge is -2.33. The van der Waals surface area contributed by atoms with Gasteiger partial charge in [-0.25, -0.2) is 0 Å². The number of anilines is 1. The maximum Gasteiger partial charge on any atom is 0.246 e. The maximum atomic E-state index is 6.00. The summed E-state index contributed by atoms with van der Waals surface area (Å²) in [6.07, 6.45) is 1.12. The second-order valence-corrected chi connectivity index (χ2v) is 6.55. The zero-order valence-electron chi connectivity index (χ0n) is 12.8. The fourth-order valence-electron chi connectivity index (χ4n) is 2.80. The molecule has 5 heteroatoms. The molecule has 1 atom stereocenters. The number of hydrogen-bond donors (Lipinski definition) is 1. The molecule has 0 spiro atoms. The minimum atomic E-state index is -0.575. The van der Waals surface area contributed by atoms with Crippen molar-refractivity contribution in [3.63, 3.8) is 0 Å². The van der Waals surface area contributed by atoms with Crippen molar-refractivity contribution in [3.05, 3.63) is 41.5 Å². The average molecular weight is 286 g/mol. The molecule has 2 aromatic rings. The van der Waals surface area contributed by atoms with Crippen LogP contribution < -0.4 is 10.6 Å². The summed E-state index contributed by atoms with van der Waals surface area (Å²) in [7, 11) is 0. The second kappa shape index (κ2) is 5.15. The number of fused-ring (bicyclic) bond motifs is 1. The molecule has 0 fully saturated rings.